The maximum absolute atomic E-state index is 6.34. The van der Waals surface area contributed by atoms with Gasteiger partial charge in [0.05, 0.1) is 0 Å². The van der Waals surface area contributed by atoms with Gasteiger partial charge in [-0.05, 0) is 35.8 Å². The van der Waals surface area contributed by atoms with Crippen molar-refractivity contribution in [1.82, 2.24) is 0 Å². The summed E-state index contributed by atoms with van der Waals surface area (Å²) in [6.07, 6.45) is 2.18. The van der Waals surface area contributed by atoms with Crippen molar-refractivity contribution >= 4 is 0 Å². The van der Waals surface area contributed by atoms with E-state index in [0.29, 0.717) is 11.8 Å². The molecule has 2 nitrogen and oxygen atoms in total. The maximum atomic E-state index is 6.34. The third-order valence-electron chi connectivity index (χ3n) is 3.76. The molecule has 1 aromatic rings. The van der Waals surface area contributed by atoms with E-state index in [4.69, 9.17) is 10.5 Å². The average molecular weight is 233 g/mol. The first-order valence-corrected chi connectivity index (χ1v) is 6.61. The van der Waals surface area contributed by atoms with E-state index in [2.05, 4.69) is 38.1 Å². The van der Waals surface area contributed by atoms with E-state index >= 15 is 0 Å². The van der Waals surface area contributed by atoms with Crippen molar-refractivity contribution in [2.45, 2.75) is 38.6 Å². The summed E-state index contributed by atoms with van der Waals surface area (Å²) in [6.45, 7) is 6.16. The Hall–Kier alpha value is -0.860. The summed E-state index contributed by atoms with van der Waals surface area (Å²) in [6, 6.07) is 8.96. The maximum Gasteiger partial charge on any atom is 0.0469 e. The van der Waals surface area contributed by atoms with Crippen molar-refractivity contribution < 1.29 is 4.74 Å². The molecule has 0 saturated carbocycles. The number of ether oxygens (including phenoxy) is 1. The van der Waals surface area contributed by atoms with Crippen molar-refractivity contribution in [1.29, 1.82) is 0 Å². The minimum Gasteiger partial charge on any atom is -0.381 e. The molecule has 1 aliphatic heterocycles. The lowest BCUT2D eigenvalue weighted by Crippen LogP contribution is -2.27. The molecule has 0 unspecified atom stereocenters. The first kappa shape index (κ1) is 12.6. The molecule has 17 heavy (non-hydrogen) atoms. The van der Waals surface area contributed by atoms with Crippen LogP contribution in [0, 0.1) is 5.92 Å². The van der Waals surface area contributed by atoms with Crippen molar-refractivity contribution in [2.24, 2.45) is 11.7 Å². The Morgan fingerprint density at radius 1 is 1.06 bits per heavy atom. The van der Waals surface area contributed by atoms with Crippen LogP contribution in [0.25, 0.3) is 0 Å². The minimum atomic E-state index is 0.167. The summed E-state index contributed by atoms with van der Waals surface area (Å²) in [5, 5.41) is 0. The zero-order valence-corrected chi connectivity index (χ0v) is 10.9. The van der Waals surface area contributed by atoms with Gasteiger partial charge in [0.2, 0.25) is 0 Å². The van der Waals surface area contributed by atoms with Gasteiger partial charge in [-0.3, -0.25) is 0 Å². The Kier molecular flexibility index (Phi) is 4.19. The largest absolute Gasteiger partial charge is 0.381 e. The van der Waals surface area contributed by atoms with E-state index in [1.165, 1.54) is 11.1 Å². The fourth-order valence-corrected chi connectivity index (χ4v) is 2.45. The third-order valence-corrected chi connectivity index (χ3v) is 3.76. The molecule has 1 aliphatic rings. The second-order valence-corrected chi connectivity index (χ2v) is 5.30. The van der Waals surface area contributed by atoms with Crippen LogP contribution in [0.2, 0.25) is 0 Å². The first-order chi connectivity index (χ1) is 8.18. The van der Waals surface area contributed by atoms with Gasteiger partial charge in [-0.2, -0.15) is 0 Å². The molecule has 1 saturated heterocycles. The SMILES string of the molecule is CC(C)c1ccc([C@H](N)C2CCOCC2)cc1. The van der Waals surface area contributed by atoms with Crippen LogP contribution < -0.4 is 5.73 Å². The van der Waals surface area contributed by atoms with Crippen molar-refractivity contribution in [3.8, 4) is 0 Å². The van der Waals surface area contributed by atoms with Crippen LogP contribution in [-0.2, 0) is 4.74 Å². The highest BCUT2D eigenvalue weighted by Gasteiger charge is 2.22. The van der Waals surface area contributed by atoms with Crippen LogP contribution in [0.1, 0.15) is 49.8 Å². The quantitative estimate of drug-likeness (QED) is 0.870. The van der Waals surface area contributed by atoms with Crippen molar-refractivity contribution in [2.75, 3.05) is 13.2 Å². The summed E-state index contributed by atoms with van der Waals surface area (Å²) in [7, 11) is 0. The summed E-state index contributed by atoms with van der Waals surface area (Å²) in [4.78, 5) is 0. The van der Waals surface area contributed by atoms with Gasteiger partial charge in [0.1, 0.15) is 0 Å². The van der Waals surface area contributed by atoms with E-state index in [9.17, 15) is 0 Å². The predicted octanol–water partition coefficient (Wildman–Crippen LogP) is 3.24. The predicted molar refractivity (Wildman–Crippen MR) is 71.0 cm³/mol. The highest BCUT2D eigenvalue weighted by Crippen LogP contribution is 2.28. The van der Waals surface area contributed by atoms with Gasteiger partial charge in [0.25, 0.3) is 0 Å². The first-order valence-electron chi connectivity index (χ1n) is 6.61. The molecular formula is C15H23NO. The lowest BCUT2D eigenvalue weighted by atomic mass is 9.87. The minimum absolute atomic E-state index is 0.167. The van der Waals surface area contributed by atoms with Gasteiger partial charge in [-0.25, -0.2) is 0 Å². The lowest BCUT2D eigenvalue weighted by molar-refractivity contribution is 0.0584. The molecule has 0 aliphatic carbocycles. The molecule has 0 radical (unpaired) electrons. The highest BCUT2D eigenvalue weighted by atomic mass is 16.5. The van der Waals surface area contributed by atoms with E-state index in [0.717, 1.165) is 26.1 Å². The number of nitrogens with two attached hydrogens (primary N) is 1. The standard InChI is InChI=1S/C15H23NO/c1-11(2)12-3-5-13(6-4-12)15(16)14-7-9-17-10-8-14/h3-6,11,14-15H,7-10,16H2,1-2H3/t15-/m0/s1. The molecule has 1 atom stereocenters. The molecule has 0 aromatic heterocycles. The number of hydrogen-bond acceptors (Lipinski definition) is 2. The normalized spacial score (nSPS) is 19.5. The van der Waals surface area contributed by atoms with Crippen LogP contribution in [-0.4, -0.2) is 13.2 Å². The Morgan fingerprint density at radius 2 is 1.59 bits per heavy atom. The van der Waals surface area contributed by atoms with Gasteiger partial charge in [0.15, 0.2) is 0 Å². The van der Waals surface area contributed by atoms with Crippen LogP contribution >= 0.6 is 0 Å². The summed E-state index contributed by atoms with van der Waals surface area (Å²) in [5.41, 5.74) is 8.99. The molecule has 0 bridgehead atoms. The van der Waals surface area contributed by atoms with Gasteiger partial charge in [-0.1, -0.05) is 38.1 Å². The van der Waals surface area contributed by atoms with Crippen LogP contribution in [0.4, 0.5) is 0 Å². The second kappa shape index (κ2) is 5.65. The zero-order valence-electron chi connectivity index (χ0n) is 10.9. The molecule has 0 amide bonds. The van der Waals surface area contributed by atoms with Gasteiger partial charge in [0, 0.05) is 19.3 Å². The molecular weight excluding hydrogens is 210 g/mol. The van der Waals surface area contributed by atoms with Crippen LogP contribution in [0.5, 0.6) is 0 Å². The van der Waals surface area contributed by atoms with E-state index in [-0.39, 0.29) is 6.04 Å². The Bertz CT molecular complexity index is 338. The molecule has 1 fully saturated rings. The van der Waals surface area contributed by atoms with E-state index in [1.54, 1.807) is 0 Å². The van der Waals surface area contributed by atoms with E-state index < -0.39 is 0 Å². The molecule has 2 rings (SSSR count). The zero-order chi connectivity index (χ0) is 12.3. The van der Waals surface area contributed by atoms with Crippen LogP contribution in [0.15, 0.2) is 24.3 Å². The fraction of sp³-hybridized carbons (Fsp3) is 0.600. The average Bonchev–Trinajstić information content (AvgIpc) is 2.39. The molecule has 94 valence electrons. The van der Waals surface area contributed by atoms with Crippen molar-refractivity contribution in [3.63, 3.8) is 0 Å². The van der Waals surface area contributed by atoms with Crippen LogP contribution in [0.3, 0.4) is 0 Å². The second-order valence-electron chi connectivity index (χ2n) is 5.30. The summed E-state index contributed by atoms with van der Waals surface area (Å²) < 4.78 is 5.38. The lowest BCUT2D eigenvalue weighted by Gasteiger charge is -2.28. The molecule has 2 N–H and O–H groups in total. The van der Waals surface area contributed by atoms with E-state index in [1.807, 2.05) is 0 Å². The number of benzene rings is 1. The monoisotopic (exact) mass is 233 g/mol. The van der Waals surface area contributed by atoms with Crippen molar-refractivity contribution in [3.05, 3.63) is 35.4 Å². The summed E-state index contributed by atoms with van der Waals surface area (Å²) >= 11 is 0. The molecule has 1 heterocycles. The Labute approximate surface area is 104 Å². The Morgan fingerprint density at radius 3 is 2.12 bits per heavy atom. The smallest absolute Gasteiger partial charge is 0.0469 e. The van der Waals surface area contributed by atoms with Gasteiger partial charge < -0.3 is 10.5 Å². The molecule has 2 heteroatoms. The van der Waals surface area contributed by atoms with Gasteiger partial charge in [-0.15, -0.1) is 0 Å². The topological polar surface area (TPSA) is 35.2 Å². The summed E-state index contributed by atoms with van der Waals surface area (Å²) in [5.74, 6) is 1.16. The third kappa shape index (κ3) is 3.08. The fourth-order valence-electron chi connectivity index (χ4n) is 2.45. The van der Waals surface area contributed by atoms with Gasteiger partial charge >= 0.3 is 0 Å². The number of hydrogen-bond donors (Lipinski definition) is 1. The molecule has 0 spiro atoms. The highest BCUT2D eigenvalue weighted by molar-refractivity contribution is 5.27. The Balaban J connectivity index is 2.05. The number of rotatable bonds is 3. The molecule has 1 aromatic carbocycles.